The highest BCUT2D eigenvalue weighted by Crippen LogP contribution is 2.23. The third-order valence-corrected chi connectivity index (χ3v) is 3.55. The minimum Gasteiger partial charge on any atom is -0.464 e. The largest absolute Gasteiger partial charge is 0.464 e. The zero-order valence-electron chi connectivity index (χ0n) is 13.2. The van der Waals surface area contributed by atoms with Gasteiger partial charge in [-0.15, -0.1) is 5.10 Å². The van der Waals surface area contributed by atoms with E-state index >= 15 is 0 Å². The quantitative estimate of drug-likeness (QED) is 0.650. The first kappa shape index (κ1) is 15.2. The molecule has 0 saturated heterocycles. The molecule has 120 valence electrons. The monoisotopic (exact) mass is 314 g/mol. The average Bonchev–Trinajstić information content (AvgIpc) is 3.13. The van der Waals surface area contributed by atoms with Crippen LogP contribution < -0.4 is 0 Å². The summed E-state index contributed by atoms with van der Waals surface area (Å²) in [5.41, 5.74) is 2.71. The summed E-state index contributed by atoms with van der Waals surface area (Å²) in [5, 5.41) is 12.3. The molecule has 7 nitrogen and oxygen atoms in total. The molecule has 0 saturated carbocycles. The van der Waals surface area contributed by atoms with E-state index in [-0.39, 0.29) is 19.0 Å². The van der Waals surface area contributed by atoms with Crippen LogP contribution in [0.25, 0.3) is 11.0 Å². The lowest BCUT2D eigenvalue weighted by Gasteiger charge is -2.04. The van der Waals surface area contributed by atoms with Gasteiger partial charge in [0, 0.05) is 17.5 Å². The van der Waals surface area contributed by atoms with Crippen LogP contribution in [0.1, 0.15) is 30.3 Å². The van der Waals surface area contributed by atoms with Crippen LogP contribution in [-0.2, 0) is 29.1 Å². The molecule has 0 spiro atoms. The molecule has 0 fully saturated rings. The fraction of sp³-hybridized carbons (Fsp3) is 0.375. The Balaban J connectivity index is 1.63. The number of carbonyl (C=O) groups excluding carboxylic acids is 1. The molecule has 0 unspecified atom stereocenters. The number of rotatable bonds is 6. The molecule has 7 heteroatoms. The van der Waals surface area contributed by atoms with Gasteiger partial charge in [0.25, 0.3) is 0 Å². The highest BCUT2D eigenvalue weighted by molar-refractivity contribution is 5.86. The summed E-state index contributed by atoms with van der Waals surface area (Å²) in [6.45, 7) is 4.80. The van der Waals surface area contributed by atoms with E-state index in [0.717, 1.165) is 28.5 Å². The number of hydrogen-bond donors (Lipinski definition) is 0. The van der Waals surface area contributed by atoms with Gasteiger partial charge in [0.1, 0.15) is 5.58 Å². The second-order valence-corrected chi connectivity index (χ2v) is 5.42. The molecule has 3 rings (SSSR count). The van der Waals surface area contributed by atoms with Crippen LogP contribution in [0.3, 0.4) is 0 Å². The molecule has 1 aromatic carbocycles. The topological polar surface area (TPSA) is 83.0 Å². The maximum atomic E-state index is 12.0. The summed E-state index contributed by atoms with van der Waals surface area (Å²) in [4.78, 5) is 12.0. The third-order valence-electron chi connectivity index (χ3n) is 3.55. The number of furan rings is 1. The van der Waals surface area contributed by atoms with Gasteiger partial charge in [-0.2, -0.15) is 0 Å². The lowest BCUT2D eigenvalue weighted by molar-refractivity contribution is -0.144. The minimum atomic E-state index is -0.334. The molecule has 0 radical (unpaired) electrons. The van der Waals surface area contributed by atoms with Gasteiger partial charge in [0.15, 0.2) is 12.4 Å². The Hall–Kier alpha value is -2.70. The number of tetrazole rings is 1. The summed E-state index contributed by atoms with van der Waals surface area (Å²) in [6.07, 6.45) is 2.67. The normalized spacial score (nSPS) is 11.0. The number of fused-ring (bicyclic) bond motifs is 1. The molecular formula is C16H18N4O3. The molecule has 23 heavy (non-hydrogen) atoms. The van der Waals surface area contributed by atoms with Gasteiger partial charge in [-0.3, -0.25) is 4.79 Å². The standard InChI is InChI=1S/C16H18N4O3/c1-3-6-20-15(17-18-19-20)10-23-16(21)8-12-9-22-14-7-11(2)4-5-13(12)14/h4-5,7,9H,3,6,8,10H2,1-2H3. The van der Waals surface area contributed by atoms with Crippen molar-refractivity contribution < 1.29 is 13.9 Å². The van der Waals surface area contributed by atoms with Gasteiger partial charge in [-0.1, -0.05) is 19.1 Å². The smallest absolute Gasteiger partial charge is 0.310 e. The van der Waals surface area contributed by atoms with E-state index in [2.05, 4.69) is 15.5 Å². The van der Waals surface area contributed by atoms with E-state index in [0.29, 0.717) is 12.4 Å². The zero-order chi connectivity index (χ0) is 16.2. The van der Waals surface area contributed by atoms with Crippen molar-refractivity contribution in [2.24, 2.45) is 0 Å². The Labute approximate surface area is 133 Å². The highest BCUT2D eigenvalue weighted by atomic mass is 16.5. The van der Waals surface area contributed by atoms with Crippen LogP contribution in [0, 0.1) is 6.92 Å². The lowest BCUT2D eigenvalue weighted by atomic mass is 10.1. The fourth-order valence-corrected chi connectivity index (χ4v) is 2.39. The van der Waals surface area contributed by atoms with E-state index in [9.17, 15) is 4.79 Å². The van der Waals surface area contributed by atoms with Gasteiger partial charge in [-0.05, 0) is 35.4 Å². The maximum Gasteiger partial charge on any atom is 0.310 e. The minimum absolute atomic E-state index is 0.0702. The number of hydrogen-bond acceptors (Lipinski definition) is 6. The van der Waals surface area contributed by atoms with E-state index in [4.69, 9.17) is 9.15 Å². The molecule has 0 bridgehead atoms. The predicted octanol–water partition coefficient (Wildman–Crippen LogP) is 2.42. The van der Waals surface area contributed by atoms with Crippen molar-refractivity contribution >= 4 is 16.9 Å². The van der Waals surface area contributed by atoms with Crippen LogP contribution >= 0.6 is 0 Å². The Bertz CT molecular complexity index is 822. The summed E-state index contributed by atoms with van der Waals surface area (Å²) in [7, 11) is 0. The molecule has 0 aliphatic rings. The first-order valence-electron chi connectivity index (χ1n) is 7.54. The van der Waals surface area contributed by atoms with Crippen LogP contribution in [-0.4, -0.2) is 26.2 Å². The van der Waals surface area contributed by atoms with E-state index in [1.165, 1.54) is 0 Å². The molecule has 0 aliphatic heterocycles. The lowest BCUT2D eigenvalue weighted by Crippen LogP contribution is -2.12. The van der Waals surface area contributed by atoms with Crippen LogP contribution in [0.2, 0.25) is 0 Å². The maximum absolute atomic E-state index is 12.0. The Morgan fingerprint density at radius 1 is 1.39 bits per heavy atom. The van der Waals surface area contributed by atoms with Crippen molar-refractivity contribution in [2.45, 2.75) is 39.8 Å². The zero-order valence-corrected chi connectivity index (χ0v) is 13.2. The predicted molar refractivity (Wildman–Crippen MR) is 82.6 cm³/mol. The van der Waals surface area contributed by atoms with Gasteiger partial charge in [-0.25, -0.2) is 4.68 Å². The summed E-state index contributed by atoms with van der Waals surface area (Å²) in [5.74, 6) is 0.215. The summed E-state index contributed by atoms with van der Waals surface area (Å²) in [6, 6.07) is 5.90. The molecule has 2 heterocycles. The second kappa shape index (κ2) is 6.60. The van der Waals surface area contributed by atoms with Crippen molar-refractivity contribution in [2.75, 3.05) is 0 Å². The number of carbonyl (C=O) groups is 1. The fourth-order valence-electron chi connectivity index (χ4n) is 2.39. The molecule has 3 aromatic rings. The third kappa shape index (κ3) is 3.39. The van der Waals surface area contributed by atoms with E-state index < -0.39 is 0 Å². The van der Waals surface area contributed by atoms with Crippen molar-refractivity contribution in [3.8, 4) is 0 Å². The SMILES string of the molecule is CCCn1nnnc1COC(=O)Cc1coc2cc(C)ccc12. The first-order valence-corrected chi connectivity index (χ1v) is 7.54. The number of benzene rings is 1. The van der Waals surface area contributed by atoms with Gasteiger partial charge >= 0.3 is 5.97 Å². The number of aromatic nitrogens is 4. The van der Waals surface area contributed by atoms with Crippen LogP contribution in [0.15, 0.2) is 28.9 Å². The van der Waals surface area contributed by atoms with Crippen LogP contribution in [0.5, 0.6) is 0 Å². The van der Waals surface area contributed by atoms with Gasteiger partial charge < -0.3 is 9.15 Å². The number of nitrogens with zero attached hydrogens (tertiary/aromatic N) is 4. The van der Waals surface area contributed by atoms with E-state index in [1.54, 1.807) is 10.9 Å². The number of ether oxygens (including phenoxy) is 1. The molecular weight excluding hydrogens is 296 g/mol. The Kier molecular flexibility index (Phi) is 4.36. The molecule has 0 aliphatic carbocycles. The van der Waals surface area contributed by atoms with Crippen molar-refractivity contribution in [1.29, 1.82) is 0 Å². The molecule has 2 aromatic heterocycles. The number of aryl methyl sites for hydroxylation is 2. The number of esters is 1. The van der Waals surface area contributed by atoms with Gasteiger partial charge in [0.05, 0.1) is 12.7 Å². The van der Waals surface area contributed by atoms with Gasteiger partial charge in [0.2, 0.25) is 0 Å². The van der Waals surface area contributed by atoms with E-state index in [1.807, 2.05) is 32.0 Å². The molecule has 0 N–H and O–H groups in total. The molecule has 0 atom stereocenters. The second-order valence-electron chi connectivity index (χ2n) is 5.42. The van der Waals surface area contributed by atoms with Crippen molar-refractivity contribution in [3.05, 3.63) is 41.4 Å². The average molecular weight is 314 g/mol. The molecule has 0 amide bonds. The highest BCUT2D eigenvalue weighted by Gasteiger charge is 2.13. The first-order chi connectivity index (χ1) is 11.2. The summed E-state index contributed by atoms with van der Waals surface area (Å²) >= 11 is 0. The van der Waals surface area contributed by atoms with Crippen molar-refractivity contribution in [3.63, 3.8) is 0 Å². The van der Waals surface area contributed by atoms with Crippen LogP contribution in [0.4, 0.5) is 0 Å². The Morgan fingerprint density at radius 3 is 3.09 bits per heavy atom. The Morgan fingerprint density at radius 2 is 2.26 bits per heavy atom. The van der Waals surface area contributed by atoms with Crippen molar-refractivity contribution in [1.82, 2.24) is 20.2 Å². The summed E-state index contributed by atoms with van der Waals surface area (Å²) < 4.78 is 12.4.